The summed E-state index contributed by atoms with van der Waals surface area (Å²) >= 11 is 0. The maximum absolute atomic E-state index is 11.6. The Labute approximate surface area is 101 Å². The summed E-state index contributed by atoms with van der Waals surface area (Å²) < 4.78 is 10.2. The number of morpholine rings is 1. The molecule has 0 aliphatic carbocycles. The van der Waals surface area contributed by atoms with Crippen LogP contribution in [0, 0.1) is 0 Å². The van der Waals surface area contributed by atoms with Crippen LogP contribution in [-0.4, -0.2) is 62.8 Å². The molecule has 2 amide bonds. The summed E-state index contributed by atoms with van der Waals surface area (Å²) in [5.41, 5.74) is 0. The van der Waals surface area contributed by atoms with Crippen molar-refractivity contribution in [2.75, 3.05) is 46.1 Å². The molecule has 0 aromatic heterocycles. The molecule has 0 bridgehead atoms. The van der Waals surface area contributed by atoms with Gasteiger partial charge in [-0.3, -0.25) is 9.59 Å². The Balaban J connectivity index is 2.15. The van der Waals surface area contributed by atoms with Crippen molar-refractivity contribution < 1.29 is 19.1 Å². The number of hydrogen-bond donors (Lipinski definition) is 1. The number of amides is 2. The van der Waals surface area contributed by atoms with Gasteiger partial charge in [-0.1, -0.05) is 0 Å². The Kier molecular flexibility index (Phi) is 6.57. The molecule has 6 nitrogen and oxygen atoms in total. The molecular formula is C11H20N2O4. The summed E-state index contributed by atoms with van der Waals surface area (Å²) in [5.74, 6) is -1.01. The van der Waals surface area contributed by atoms with Crippen molar-refractivity contribution in [3.63, 3.8) is 0 Å². The number of nitrogens with one attached hydrogen (secondary N) is 1. The molecule has 1 rings (SSSR count). The smallest absolute Gasteiger partial charge is 0.312 e. The van der Waals surface area contributed by atoms with E-state index in [1.807, 2.05) is 6.92 Å². The summed E-state index contributed by atoms with van der Waals surface area (Å²) in [6.07, 6.45) is 0.718. The van der Waals surface area contributed by atoms with E-state index >= 15 is 0 Å². The number of nitrogens with zero attached hydrogens (tertiary/aromatic N) is 1. The summed E-state index contributed by atoms with van der Waals surface area (Å²) in [4.78, 5) is 24.7. The molecule has 0 radical (unpaired) electrons. The Morgan fingerprint density at radius 1 is 1.35 bits per heavy atom. The second kappa shape index (κ2) is 8.03. The normalized spacial score (nSPS) is 15.7. The molecule has 1 fully saturated rings. The first-order chi connectivity index (χ1) is 8.25. The van der Waals surface area contributed by atoms with Crippen molar-refractivity contribution in [1.82, 2.24) is 10.2 Å². The van der Waals surface area contributed by atoms with E-state index in [0.717, 1.165) is 6.42 Å². The highest BCUT2D eigenvalue weighted by molar-refractivity contribution is 6.35. The lowest BCUT2D eigenvalue weighted by Crippen LogP contribution is -2.48. The Hall–Kier alpha value is -1.14. The van der Waals surface area contributed by atoms with E-state index in [0.29, 0.717) is 46.1 Å². The van der Waals surface area contributed by atoms with Gasteiger partial charge in [0.05, 0.1) is 13.2 Å². The largest absolute Gasteiger partial charge is 0.382 e. The van der Waals surface area contributed by atoms with E-state index in [1.165, 1.54) is 4.90 Å². The molecule has 0 aromatic carbocycles. The average Bonchev–Trinajstić information content (AvgIpc) is 2.38. The predicted octanol–water partition coefficient (Wildman–Crippen LogP) is -0.612. The topological polar surface area (TPSA) is 67.9 Å². The molecule has 0 aromatic rings. The first-order valence-corrected chi connectivity index (χ1v) is 5.98. The molecule has 1 saturated heterocycles. The number of rotatable bonds is 5. The van der Waals surface area contributed by atoms with Gasteiger partial charge in [0.25, 0.3) is 0 Å². The summed E-state index contributed by atoms with van der Waals surface area (Å²) in [6.45, 7) is 5.64. The van der Waals surface area contributed by atoms with Crippen LogP contribution in [0.4, 0.5) is 0 Å². The van der Waals surface area contributed by atoms with Gasteiger partial charge in [0.2, 0.25) is 0 Å². The van der Waals surface area contributed by atoms with Gasteiger partial charge in [0.1, 0.15) is 0 Å². The third kappa shape index (κ3) is 5.14. The van der Waals surface area contributed by atoms with Gasteiger partial charge in [-0.2, -0.15) is 0 Å². The lowest BCUT2D eigenvalue weighted by molar-refractivity contribution is -0.148. The Morgan fingerprint density at radius 3 is 2.71 bits per heavy atom. The molecule has 0 saturated carbocycles. The van der Waals surface area contributed by atoms with Crippen LogP contribution in [0.5, 0.6) is 0 Å². The van der Waals surface area contributed by atoms with Crippen LogP contribution in [-0.2, 0) is 19.1 Å². The highest BCUT2D eigenvalue weighted by Gasteiger charge is 2.22. The molecule has 17 heavy (non-hydrogen) atoms. The van der Waals surface area contributed by atoms with Crippen LogP contribution >= 0.6 is 0 Å². The molecule has 1 aliphatic heterocycles. The van der Waals surface area contributed by atoms with Gasteiger partial charge in [-0.05, 0) is 13.3 Å². The van der Waals surface area contributed by atoms with Crippen molar-refractivity contribution in [3.05, 3.63) is 0 Å². The summed E-state index contributed by atoms with van der Waals surface area (Å²) in [7, 11) is 0. The minimum atomic E-state index is -0.539. The van der Waals surface area contributed by atoms with E-state index in [-0.39, 0.29) is 0 Å². The van der Waals surface area contributed by atoms with Crippen LogP contribution in [0.3, 0.4) is 0 Å². The van der Waals surface area contributed by atoms with Crippen molar-refractivity contribution in [2.24, 2.45) is 0 Å². The van der Waals surface area contributed by atoms with Crippen LogP contribution in [0.25, 0.3) is 0 Å². The van der Waals surface area contributed by atoms with Gasteiger partial charge in [-0.25, -0.2) is 0 Å². The fourth-order valence-corrected chi connectivity index (χ4v) is 1.51. The second-order valence-electron chi connectivity index (χ2n) is 3.71. The van der Waals surface area contributed by atoms with Crippen molar-refractivity contribution in [3.8, 4) is 0 Å². The van der Waals surface area contributed by atoms with Crippen LogP contribution < -0.4 is 5.32 Å². The van der Waals surface area contributed by atoms with Crippen LogP contribution in [0.1, 0.15) is 13.3 Å². The fourth-order valence-electron chi connectivity index (χ4n) is 1.51. The zero-order valence-electron chi connectivity index (χ0n) is 10.2. The predicted molar refractivity (Wildman–Crippen MR) is 61.5 cm³/mol. The minimum Gasteiger partial charge on any atom is -0.382 e. The van der Waals surface area contributed by atoms with E-state index < -0.39 is 11.8 Å². The first kappa shape index (κ1) is 13.9. The molecule has 6 heteroatoms. The third-order valence-corrected chi connectivity index (χ3v) is 2.45. The number of carbonyl (C=O) groups is 2. The molecule has 1 N–H and O–H groups in total. The highest BCUT2D eigenvalue weighted by Crippen LogP contribution is 1.97. The molecule has 98 valence electrons. The molecule has 0 atom stereocenters. The van der Waals surface area contributed by atoms with Gasteiger partial charge in [0.15, 0.2) is 0 Å². The molecule has 0 spiro atoms. The van der Waals surface area contributed by atoms with Crippen molar-refractivity contribution in [2.45, 2.75) is 13.3 Å². The average molecular weight is 244 g/mol. The lowest BCUT2D eigenvalue weighted by Gasteiger charge is -2.26. The van der Waals surface area contributed by atoms with Gasteiger partial charge in [0, 0.05) is 32.8 Å². The quantitative estimate of drug-likeness (QED) is 0.517. The monoisotopic (exact) mass is 244 g/mol. The van der Waals surface area contributed by atoms with Crippen LogP contribution in [0.2, 0.25) is 0 Å². The fraction of sp³-hybridized carbons (Fsp3) is 0.818. The molecule has 0 unspecified atom stereocenters. The van der Waals surface area contributed by atoms with E-state index in [1.54, 1.807) is 0 Å². The molecule has 1 heterocycles. The van der Waals surface area contributed by atoms with E-state index in [4.69, 9.17) is 9.47 Å². The number of carbonyl (C=O) groups excluding carboxylic acids is 2. The van der Waals surface area contributed by atoms with E-state index in [2.05, 4.69) is 5.32 Å². The number of ether oxygens (including phenoxy) is 2. The van der Waals surface area contributed by atoms with Crippen molar-refractivity contribution >= 4 is 11.8 Å². The van der Waals surface area contributed by atoms with Gasteiger partial charge >= 0.3 is 11.8 Å². The van der Waals surface area contributed by atoms with Crippen LogP contribution in [0.15, 0.2) is 0 Å². The second-order valence-corrected chi connectivity index (χ2v) is 3.71. The first-order valence-electron chi connectivity index (χ1n) is 5.98. The van der Waals surface area contributed by atoms with E-state index in [9.17, 15) is 9.59 Å². The zero-order chi connectivity index (χ0) is 12.5. The standard InChI is InChI=1S/C11H20N2O4/c1-2-16-7-3-4-12-10(14)11(15)13-5-8-17-9-6-13/h2-9H2,1H3,(H,12,14). The molecular weight excluding hydrogens is 224 g/mol. The number of hydrogen-bond acceptors (Lipinski definition) is 4. The minimum absolute atomic E-state index is 0.467. The Bertz CT molecular complexity index is 252. The third-order valence-electron chi connectivity index (χ3n) is 2.45. The summed E-state index contributed by atoms with van der Waals surface area (Å²) in [5, 5.41) is 2.59. The lowest BCUT2D eigenvalue weighted by atomic mass is 10.3. The maximum atomic E-state index is 11.6. The Morgan fingerprint density at radius 2 is 2.06 bits per heavy atom. The maximum Gasteiger partial charge on any atom is 0.312 e. The SMILES string of the molecule is CCOCCCNC(=O)C(=O)N1CCOCC1. The summed E-state index contributed by atoms with van der Waals surface area (Å²) in [6, 6.07) is 0. The van der Waals surface area contributed by atoms with Gasteiger partial charge < -0.3 is 19.7 Å². The van der Waals surface area contributed by atoms with Gasteiger partial charge in [-0.15, -0.1) is 0 Å². The molecule has 1 aliphatic rings. The van der Waals surface area contributed by atoms with Crippen molar-refractivity contribution in [1.29, 1.82) is 0 Å². The highest BCUT2D eigenvalue weighted by atomic mass is 16.5. The zero-order valence-corrected chi connectivity index (χ0v) is 10.2.